The quantitative estimate of drug-likeness (QED) is 0.905. The number of benzene rings is 1. The van der Waals surface area contributed by atoms with Gasteiger partial charge in [-0.25, -0.2) is 0 Å². The lowest BCUT2D eigenvalue weighted by Gasteiger charge is -2.23. The maximum Gasteiger partial charge on any atom is 0.163 e. The van der Waals surface area contributed by atoms with Gasteiger partial charge >= 0.3 is 0 Å². The van der Waals surface area contributed by atoms with Gasteiger partial charge in [0.2, 0.25) is 0 Å². The standard InChI is InChI=1S/C12H10Cl2O2S/c13-7-1-2-8(10(14)5-7)12(16)9-6-17-4-3-11(9)15/h1-5,9,12,16H,6H2/t9-,12-/m0/s1. The summed E-state index contributed by atoms with van der Waals surface area (Å²) in [5.41, 5.74) is 0.547. The molecule has 90 valence electrons. The molecule has 0 aromatic heterocycles. The molecule has 0 unspecified atom stereocenters. The lowest BCUT2D eigenvalue weighted by molar-refractivity contribution is -0.120. The van der Waals surface area contributed by atoms with Crippen LogP contribution < -0.4 is 0 Å². The van der Waals surface area contributed by atoms with Crippen molar-refractivity contribution in [1.82, 2.24) is 0 Å². The number of allylic oxidation sites excluding steroid dienone is 1. The van der Waals surface area contributed by atoms with E-state index in [1.54, 1.807) is 23.6 Å². The van der Waals surface area contributed by atoms with Crippen LogP contribution in [0.1, 0.15) is 11.7 Å². The predicted molar refractivity (Wildman–Crippen MR) is 71.5 cm³/mol. The number of ketones is 1. The van der Waals surface area contributed by atoms with E-state index in [2.05, 4.69) is 0 Å². The Hall–Kier alpha value is -0.480. The number of carbonyl (C=O) groups excluding carboxylic acids is 1. The number of carbonyl (C=O) groups is 1. The average Bonchev–Trinajstić information content (AvgIpc) is 2.29. The van der Waals surface area contributed by atoms with E-state index in [-0.39, 0.29) is 5.78 Å². The maximum absolute atomic E-state index is 11.7. The van der Waals surface area contributed by atoms with Crippen LogP contribution in [0.15, 0.2) is 29.7 Å². The van der Waals surface area contributed by atoms with Crippen LogP contribution in [0.2, 0.25) is 10.0 Å². The molecule has 1 aliphatic heterocycles. The summed E-state index contributed by atoms with van der Waals surface area (Å²) in [6.45, 7) is 0. The molecule has 5 heteroatoms. The molecule has 2 nitrogen and oxygen atoms in total. The van der Waals surface area contributed by atoms with Crippen molar-refractivity contribution in [2.75, 3.05) is 5.75 Å². The van der Waals surface area contributed by atoms with Gasteiger partial charge in [0.1, 0.15) is 0 Å². The lowest BCUT2D eigenvalue weighted by Crippen LogP contribution is -2.25. The lowest BCUT2D eigenvalue weighted by atomic mass is 9.93. The van der Waals surface area contributed by atoms with Gasteiger partial charge < -0.3 is 5.11 Å². The number of aliphatic hydroxyl groups is 1. The minimum absolute atomic E-state index is 0.0673. The molecular weight excluding hydrogens is 279 g/mol. The van der Waals surface area contributed by atoms with Gasteiger partial charge in [0, 0.05) is 15.8 Å². The summed E-state index contributed by atoms with van der Waals surface area (Å²) in [4.78, 5) is 11.7. The Balaban J connectivity index is 2.27. The highest BCUT2D eigenvalue weighted by atomic mass is 35.5. The van der Waals surface area contributed by atoms with Crippen molar-refractivity contribution in [1.29, 1.82) is 0 Å². The molecule has 1 aliphatic rings. The van der Waals surface area contributed by atoms with Crippen LogP contribution in [0, 0.1) is 5.92 Å². The summed E-state index contributed by atoms with van der Waals surface area (Å²) < 4.78 is 0. The molecule has 1 aromatic carbocycles. The number of halogens is 2. The predicted octanol–water partition coefficient (Wildman–Crippen LogP) is 3.47. The maximum atomic E-state index is 11.7. The van der Waals surface area contributed by atoms with Gasteiger partial charge in [-0.15, -0.1) is 11.8 Å². The first-order valence-electron chi connectivity index (χ1n) is 5.04. The molecule has 2 rings (SSSR count). The SMILES string of the molecule is O=C1C=CSC[C@@H]1[C@@H](O)c1ccc(Cl)cc1Cl. The second-order valence-electron chi connectivity index (χ2n) is 3.76. The Morgan fingerprint density at radius 3 is 2.82 bits per heavy atom. The van der Waals surface area contributed by atoms with Crippen LogP contribution in [0.3, 0.4) is 0 Å². The molecule has 17 heavy (non-hydrogen) atoms. The van der Waals surface area contributed by atoms with Gasteiger partial charge in [-0.1, -0.05) is 29.3 Å². The highest BCUT2D eigenvalue weighted by molar-refractivity contribution is 8.02. The zero-order valence-corrected chi connectivity index (χ0v) is 11.1. The molecule has 1 aromatic rings. The van der Waals surface area contributed by atoms with E-state index < -0.39 is 12.0 Å². The van der Waals surface area contributed by atoms with Crippen molar-refractivity contribution in [3.8, 4) is 0 Å². The highest BCUT2D eigenvalue weighted by Crippen LogP contribution is 2.34. The van der Waals surface area contributed by atoms with Crippen LogP contribution in [-0.4, -0.2) is 16.6 Å². The van der Waals surface area contributed by atoms with Crippen molar-refractivity contribution >= 4 is 40.7 Å². The summed E-state index contributed by atoms with van der Waals surface area (Å²) >= 11 is 13.3. The summed E-state index contributed by atoms with van der Waals surface area (Å²) in [5.74, 6) is 0.0565. The fraction of sp³-hybridized carbons (Fsp3) is 0.250. The molecule has 2 atom stereocenters. The summed E-state index contributed by atoms with van der Waals surface area (Å²) in [6.07, 6.45) is 0.607. The molecule has 1 N–H and O–H groups in total. The third-order valence-corrected chi connectivity index (χ3v) is 4.07. The normalized spacial score (nSPS) is 21.6. The molecule has 0 radical (unpaired) electrons. The number of thioether (sulfide) groups is 1. The Bertz CT molecular complexity index is 474. The Kier molecular flexibility index (Phi) is 4.15. The minimum atomic E-state index is -0.885. The second-order valence-corrected chi connectivity index (χ2v) is 5.54. The van der Waals surface area contributed by atoms with E-state index in [9.17, 15) is 9.90 Å². The number of hydrogen-bond acceptors (Lipinski definition) is 3. The molecule has 0 fully saturated rings. The fourth-order valence-electron chi connectivity index (χ4n) is 1.68. The molecule has 0 aliphatic carbocycles. The van der Waals surface area contributed by atoms with E-state index in [0.29, 0.717) is 21.4 Å². The Labute approximate surface area is 114 Å². The van der Waals surface area contributed by atoms with Crippen molar-refractivity contribution in [3.05, 3.63) is 45.3 Å². The largest absolute Gasteiger partial charge is 0.388 e. The summed E-state index contributed by atoms with van der Waals surface area (Å²) in [6, 6.07) is 4.88. The highest BCUT2D eigenvalue weighted by Gasteiger charge is 2.29. The number of hydrogen-bond donors (Lipinski definition) is 1. The van der Waals surface area contributed by atoms with Crippen LogP contribution >= 0.6 is 35.0 Å². The second kappa shape index (κ2) is 5.44. The monoisotopic (exact) mass is 288 g/mol. The van der Waals surface area contributed by atoms with Gasteiger partial charge in [0.15, 0.2) is 5.78 Å². The smallest absolute Gasteiger partial charge is 0.163 e. The van der Waals surface area contributed by atoms with Gasteiger partial charge in [-0.2, -0.15) is 0 Å². The van der Waals surface area contributed by atoms with E-state index >= 15 is 0 Å². The molecular formula is C12H10Cl2O2S. The first-order valence-corrected chi connectivity index (χ1v) is 6.85. The van der Waals surface area contributed by atoms with Gasteiger partial charge in [-0.05, 0) is 29.2 Å². The third-order valence-electron chi connectivity index (χ3n) is 2.63. The first-order chi connectivity index (χ1) is 8.09. The van der Waals surface area contributed by atoms with Crippen molar-refractivity contribution in [2.24, 2.45) is 5.92 Å². The summed E-state index contributed by atoms with van der Waals surface area (Å²) in [7, 11) is 0. The first kappa shape index (κ1) is 13.0. The molecule has 0 saturated heterocycles. The van der Waals surface area contributed by atoms with Crippen LogP contribution in [-0.2, 0) is 4.79 Å². The van der Waals surface area contributed by atoms with Crippen LogP contribution in [0.5, 0.6) is 0 Å². The zero-order valence-electron chi connectivity index (χ0n) is 8.77. The van der Waals surface area contributed by atoms with E-state index in [0.717, 1.165) is 0 Å². The molecule has 0 amide bonds. The molecule has 1 heterocycles. The Morgan fingerprint density at radius 1 is 1.41 bits per heavy atom. The molecule has 0 bridgehead atoms. The van der Waals surface area contributed by atoms with Gasteiger partial charge in [0.25, 0.3) is 0 Å². The van der Waals surface area contributed by atoms with Crippen molar-refractivity contribution < 1.29 is 9.90 Å². The number of aliphatic hydroxyl groups excluding tert-OH is 1. The average molecular weight is 289 g/mol. The van der Waals surface area contributed by atoms with Gasteiger partial charge in [-0.3, -0.25) is 4.79 Å². The summed E-state index contributed by atoms with van der Waals surface area (Å²) in [5, 5.41) is 12.8. The van der Waals surface area contributed by atoms with E-state index in [1.807, 2.05) is 0 Å². The van der Waals surface area contributed by atoms with Gasteiger partial charge in [0.05, 0.1) is 12.0 Å². The minimum Gasteiger partial charge on any atom is -0.388 e. The number of rotatable bonds is 2. The van der Waals surface area contributed by atoms with Crippen molar-refractivity contribution in [3.63, 3.8) is 0 Å². The van der Waals surface area contributed by atoms with E-state index in [4.69, 9.17) is 23.2 Å². The Morgan fingerprint density at radius 2 is 2.18 bits per heavy atom. The van der Waals surface area contributed by atoms with Crippen LogP contribution in [0.25, 0.3) is 0 Å². The third kappa shape index (κ3) is 2.86. The molecule has 0 spiro atoms. The van der Waals surface area contributed by atoms with Crippen LogP contribution in [0.4, 0.5) is 0 Å². The van der Waals surface area contributed by atoms with E-state index in [1.165, 1.54) is 17.8 Å². The fourth-order valence-corrected chi connectivity index (χ4v) is 3.10. The van der Waals surface area contributed by atoms with Crippen molar-refractivity contribution in [2.45, 2.75) is 6.10 Å². The topological polar surface area (TPSA) is 37.3 Å². The zero-order chi connectivity index (χ0) is 12.4. The molecule has 0 saturated carbocycles.